The molecule has 0 spiro atoms. The molecule has 0 unspecified atom stereocenters. The highest BCUT2D eigenvalue weighted by Gasteiger charge is 2.12. The molecule has 0 aliphatic rings. The lowest BCUT2D eigenvalue weighted by molar-refractivity contribution is 0.940. The molecule has 0 fully saturated rings. The molecular formula is C18H15N5S. The lowest BCUT2D eigenvalue weighted by atomic mass is 10.2. The Balaban J connectivity index is 1.83. The molecule has 0 saturated heterocycles. The lowest BCUT2D eigenvalue weighted by Crippen LogP contribution is -1.94. The average Bonchev–Trinajstić information content (AvgIpc) is 3.10. The van der Waals surface area contributed by atoms with Crippen LogP contribution in [0.4, 0.5) is 0 Å². The summed E-state index contributed by atoms with van der Waals surface area (Å²) in [5, 5.41) is 9.75. The number of aromatic nitrogens is 5. The second-order valence-electron chi connectivity index (χ2n) is 5.26. The topological polar surface area (TPSA) is 67.3 Å². The Kier molecular flexibility index (Phi) is 3.96. The van der Waals surface area contributed by atoms with Crippen molar-refractivity contribution in [2.24, 2.45) is 0 Å². The van der Waals surface area contributed by atoms with Crippen LogP contribution in [0.25, 0.3) is 22.3 Å². The van der Waals surface area contributed by atoms with Crippen molar-refractivity contribution < 1.29 is 0 Å². The summed E-state index contributed by atoms with van der Waals surface area (Å²) < 4.78 is 0. The van der Waals surface area contributed by atoms with Gasteiger partial charge in [0.2, 0.25) is 5.16 Å². The van der Waals surface area contributed by atoms with Gasteiger partial charge in [0.1, 0.15) is 10.9 Å². The molecule has 118 valence electrons. The van der Waals surface area contributed by atoms with Crippen LogP contribution in [0.1, 0.15) is 12.7 Å². The molecule has 4 aromatic rings. The summed E-state index contributed by atoms with van der Waals surface area (Å²) in [6, 6.07) is 18.0. The van der Waals surface area contributed by atoms with Gasteiger partial charge in [-0.3, -0.25) is 5.10 Å². The van der Waals surface area contributed by atoms with E-state index < -0.39 is 0 Å². The third kappa shape index (κ3) is 2.88. The van der Waals surface area contributed by atoms with Gasteiger partial charge >= 0.3 is 0 Å². The first kappa shape index (κ1) is 14.8. The van der Waals surface area contributed by atoms with E-state index in [2.05, 4.69) is 15.2 Å². The predicted molar refractivity (Wildman–Crippen MR) is 94.9 cm³/mol. The minimum atomic E-state index is 0.676. The predicted octanol–water partition coefficient (Wildman–Crippen LogP) is 4.13. The Morgan fingerprint density at radius 2 is 1.71 bits per heavy atom. The summed E-state index contributed by atoms with van der Waals surface area (Å²) in [6.45, 7) is 2.04. The van der Waals surface area contributed by atoms with Crippen LogP contribution in [-0.4, -0.2) is 25.1 Å². The molecule has 0 amide bonds. The van der Waals surface area contributed by atoms with E-state index in [9.17, 15) is 0 Å². The Hall–Kier alpha value is -2.73. The van der Waals surface area contributed by atoms with Crippen molar-refractivity contribution >= 4 is 22.7 Å². The number of fused-ring (bicyclic) bond motifs is 1. The second-order valence-corrected chi connectivity index (χ2v) is 6.21. The lowest BCUT2D eigenvalue weighted by Gasteiger charge is -2.07. The minimum Gasteiger partial charge on any atom is -0.262 e. The smallest absolute Gasteiger partial charge is 0.214 e. The quantitative estimate of drug-likeness (QED) is 0.569. The SMILES string of the molecule is CCc1nc(Sc2nc(-c3ccccc3)nc3ccccc23)n[nH]1. The van der Waals surface area contributed by atoms with E-state index in [0.717, 1.165) is 33.7 Å². The van der Waals surface area contributed by atoms with Crippen LogP contribution in [0.15, 0.2) is 64.8 Å². The number of para-hydroxylation sites is 1. The van der Waals surface area contributed by atoms with Gasteiger partial charge < -0.3 is 0 Å². The summed E-state index contributed by atoms with van der Waals surface area (Å²) in [5.41, 5.74) is 1.91. The Labute approximate surface area is 143 Å². The van der Waals surface area contributed by atoms with Gasteiger partial charge in [-0.2, -0.15) is 0 Å². The van der Waals surface area contributed by atoms with Crippen molar-refractivity contribution in [3.63, 3.8) is 0 Å². The number of aromatic amines is 1. The van der Waals surface area contributed by atoms with Crippen LogP contribution in [0, 0.1) is 0 Å². The molecule has 0 aliphatic carbocycles. The van der Waals surface area contributed by atoms with Gasteiger partial charge in [-0.25, -0.2) is 15.0 Å². The largest absolute Gasteiger partial charge is 0.262 e. The van der Waals surface area contributed by atoms with Crippen LogP contribution in [0.3, 0.4) is 0 Å². The van der Waals surface area contributed by atoms with Crippen LogP contribution >= 0.6 is 11.8 Å². The van der Waals surface area contributed by atoms with Crippen molar-refractivity contribution in [1.82, 2.24) is 25.1 Å². The van der Waals surface area contributed by atoms with Crippen molar-refractivity contribution in [2.75, 3.05) is 0 Å². The molecule has 1 N–H and O–H groups in total. The van der Waals surface area contributed by atoms with Crippen LogP contribution in [0.5, 0.6) is 0 Å². The van der Waals surface area contributed by atoms with Gasteiger partial charge in [-0.1, -0.05) is 55.5 Å². The third-order valence-corrected chi connectivity index (χ3v) is 4.50. The molecule has 4 rings (SSSR count). The molecule has 0 radical (unpaired) electrons. The first-order valence-electron chi connectivity index (χ1n) is 7.75. The van der Waals surface area contributed by atoms with Gasteiger partial charge in [0.25, 0.3) is 0 Å². The maximum atomic E-state index is 4.76. The summed E-state index contributed by atoms with van der Waals surface area (Å²) in [5.74, 6) is 1.59. The molecule has 2 aromatic heterocycles. The summed E-state index contributed by atoms with van der Waals surface area (Å²) in [4.78, 5) is 13.9. The fourth-order valence-corrected chi connectivity index (χ4v) is 3.24. The Morgan fingerprint density at radius 1 is 0.917 bits per heavy atom. The fourth-order valence-electron chi connectivity index (χ4n) is 2.41. The highest BCUT2D eigenvalue weighted by Crippen LogP contribution is 2.31. The van der Waals surface area contributed by atoms with Crippen molar-refractivity contribution in [3.8, 4) is 11.4 Å². The molecule has 2 heterocycles. The fraction of sp³-hybridized carbons (Fsp3) is 0.111. The van der Waals surface area contributed by atoms with E-state index in [1.807, 2.05) is 61.5 Å². The highest BCUT2D eigenvalue weighted by atomic mass is 32.2. The van der Waals surface area contributed by atoms with Crippen molar-refractivity contribution in [1.29, 1.82) is 0 Å². The van der Waals surface area contributed by atoms with E-state index in [4.69, 9.17) is 9.97 Å². The molecule has 2 aromatic carbocycles. The summed E-state index contributed by atoms with van der Waals surface area (Å²) in [6.07, 6.45) is 0.827. The van der Waals surface area contributed by atoms with E-state index in [1.165, 1.54) is 11.8 Å². The molecule has 6 heteroatoms. The van der Waals surface area contributed by atoms with Crippen molar-refractivity contribution in [2.45, 2.75) is 23.5 Å². The normalized spacial score (nSPS) is 11.0. The van der Waals surface area contributed by atoms with E-state index in [1.54, 1.807) is 0 Å². The molecule has 0 bridgehead atoms. The van der Waals surface area contributed by atoms with E-state index >= 15 is 0 Å². The first-order chi connectivity index (χ1) is 11.8. The van der Waals surface area contributed by atoms with Gasteiger partial charge in [0.05, 0.1) is 5.52 Å². The van der Waals surface area contributed by atoms with Gasteiger partial charge in [-0.15, -0.1) is 5.10 Å². The zero-order valence-electron chi connectivity index (χ0n) is 13.1. The van der Waals surface area contributed by atoms with Crippen LogP contribution < -0.4 is 0 Å². The number of nitrogens with zero attached hydrogens (tertiary/aromatic N) is 4. The summed E-state index contributed by atoms with van der Waals surface area (Å²) in [7, 11) is 0. The zero-order chi connectivity index (χ0) is 16.4. The number of aryl methyl sites for hydroxylation is 1. The highest BCUT2D eigenvalue weighted by molar-refractivity contribution is 7.99. The molecule has 0 atom stereocenters. The molecular weight excluding hydrogens is 318 g/mol. The number of nitrogens with one attached hydrogen (secondary N) is 1. The molecule has 5 nitrogen and oxygen atoms in total. The van der Waals surface area contributed by atoms with Crippen LogP contribution in [-0.2, 0) is 6.42 Å². The van der Waals surface area contributed by atoms with Gasteiger partial charge in [-0.05, 0) is 17.8 Å². The Morgan fingerprint density at radius 3 is 2.50 bits per heavy atom. The number of H-pyrrole nitrogens is 1. The monoisotopic (exact) mass is 333 g/mol. The minimum absolute atomic E-state index is 0.676. The number of hydrogen-bond donors (Lipinski definition) is 1. The van der Waals surface area contributed by atoms with Gasteiger partial charge in [0, 0.05) is 17.4 Å². The first-order valence-corrected chi connectivity index (χ1v) is 8.56. The second kappa shape index (κ2) is 6.41. The Bertz CT molecular complexity index is 981. The standard InChI is InChI=1S/C18H15N5S/c1-2-15-20-18(23-22-15)24-17-13-10-6-7-11-14(13)19-16(21-17)12-8-4-3-5-9-12/h3-11H,2H2,1H3,(H,20,22,23). The maximum Gasteiger partial charge on any atom is 0.214 e. The van der Waals surface area contributed by atoms with Crippen LogP contribution in [0.2, 0.25) is 0 Å². The third-order valence-electron chi connectivity index (χ3n) is 3.63. The number of rotatable bonds is 4. The average molecular weight is 333 g/mol. The van der Waals surface area contributed by atoms with E-state index in [0.29, 0.717) is 11.0 Å². The zero-order valence-corrected chi connectivity index (χ0v) is 13.9. The molecule has 0 saturated carbocycles. The maximum absolute atomic E-state index is 4.76. The number of hydrogen-bond acceptors (Lipinski definition) is 5. The van der Waals surface area contributed by atoms with Crippen molar-refractivity contribution in [3.05, 3.63) is 60.4 Å². The van der Waals surface area contributed by atoms with E-state index in [-0.39, 0.29) is 0 Å². The molecule has 24 heavy (non-hydrogen) atoms. The molecule has 0 aliphatic heterocycles. The summed E-state index contributed by atoms with van der Waals surface area (Å²) >= 11 is 1.46. The van der Waals surface area contributed by atoms with Gasteiger partial charge in [0.15, 0.2) is 5.82 Å². The number of benzene rings is 2.